The molecule has 0 fully saturated rings. The minimum atomic E-state index is -0.525. The van der Waals surface area contributed by atoms with Gasteiger partial charge in [-0.05, 0) is 18.1 Å². The molecule has 0 aromatic heterocycles. The number of carbonyl (C=O) groups is 1. The van der Waals surface area contributed by atoms with Crippen LogP contribution in [-0.2, 0) is 16.7 Å². The number of halogens is 1. The van der Waals surface area contributed by atoms with Crippen LogP contribution < -0.4 is 9.47 Å². The number of methoxy groups -OCH3 is 2. The molecule has 1 aliphatic carbocycles. The van der Waals surface area contributed by atoms with Crippen LogP contribution in [0.15, 0.2) is 22.7 Å². The second kappa shape index (κ2) is 5.92. The van der Waals surface area contributed by atoms with E-state index < -0.39 is 6.10 Å². The molecular weight excluding hydrogens is 390 g/mol. The fourth-order valence-corrected chi connectivity index (χ4v) is 4.78. The summed E-state index contributed by atoms with van der Waals surface area (Å²) in [7, 11) is 3.01. The smallest absolute Gasteiger partial charge is 0.409 e. The molecule has 0 saturated heterocycles. The van der Waals surface area contributed by atoms with Gasteiger partial charge >= 0.3 is 6.09 Å². The van der Waals surface area contributed by atoms with Crippen LogP contribution in [0.3, 0.4) is 0 Å². The molecule has 4 rings (SSSR count). The lowest BCUT2D eigenvalue weighted by atomic mass is 9.69. The number of nitrogens with zero attached hydrogens (tertiary/aromatic N) is 1. The van der Waals surface area contributed by atoms with Gasteiger partial charge in [-0.3, -0.25) is 0 Å². The quantitative estimate of drug-likeness (QED) is 0.722. The highest BCUT2D eigenvalue weighted by Gasteiger charge is 2.53. The van der Waals surface area contributed by atoms with Crippen LogP contribution in [0.4, 0.5) is 4.79 Å². The van der Waals surface area contributed by atoms with Crippen LogP contribution >= 0.6 is 15.9 Å². The first-order valence-corrected chi connectivity index (χ1v) is 9.06. The minimum Gasteiger partial charge on any atom is -0.493 e. The van der Waals surface area contributed by atoms with Gasteiger partial charge in [0.15, 0.2) is 11.5 Å². The van der Waals surface area contributed by atoms with E-state index in [9.17, 15) is 9.90 Å². The average Bonchev–Trinajstić information content (AvgIpc) is 2.82. The lowest BCUT2D eigenvalue weighted by molar-refractivity contribution is 0.0781. The van der Waals surface area contributed by atoms with Crippen LogP contribution in [0.25, 0.3) is 0 Å². The Morgan fingerprint density at radius 2 is 2.28 bits per heavy atom. The van der Waals surface area contributed by atoms with Gasteiger partial charge in [-0.1, -0.05) is 28.1 Å². The number of amides is 1. The predicted octanol–water partition coefficient (Wildman–Crippen LogP) is 2.75. The molecule has 134 valence electrons. The molecular formula is C18H20BrNO5. The number of benzene rings is 1. The molecule has 2 unspecified atom stereocenters. The molecule has 0 radical (unpaired) electrons. The van der Waals surface area contributed by atoms with E-state index in [0.29, 0.717) is 31.7 Å². The van der Waals surface area contributed by atoms with Crippen LogP contribution in [0, 0.1) is 0 Å². The summed E-state index contributed by atoms with van der Waals surface area (Å²) in [5.74, 6) is 1.38. The van der Waals surface area contributed by atoms with Gasteiger partial charge in [0.05, 0.1) is 32.3 Å². The van der Waals surface area contributed by atoms with Crippen molar-refractivity contribution in [3.8, 4) is 11.5 Å². The van der Waals surface area contributed by atoms with E-state index in [0.717, 1.165) is 21.3 Å². The zero-order valence-electron chi connectivity index (χ0n) is 14.1. The van der Waals surface area contributed by atoms with Crippen molar-refractivity contribution < 1.29 is 24.1 Å². The molecule has 1 amide bonds. The van der Waals surface area contributed by atoms with Gasteiger partial charge in [0, 0.05) is 23.0 Å². The largest absolute Gasteiger partial charge is 0.493 e. The monoisotopic (exact) mass is 409 g/mol. The van der Waals surface area contributed by atoms with Gasteiger partial charge in [0.1, 0.15) is 6.10 Å². The Bertz CT molecular complexity index is 764. The number of ether oxygens (including phenoxy) is 3. The van der Waals surface area contributed by atoms with Crippen LogP contribution in [0.5, 0.6) is 11.5 Å². The summed E-state index contributed by atoms with van der Waals surface area (Å²) >= 11 is 3.63. The maximum atomic E-state index is 12.2. The number of hydrogen-bond donors (Lipinski definition) is 1. The molecule has 1 aromatic carbocycles. The van der Waals surface area contributed by atoms with Crippen LogP contribution in [0.2, 0.25) is 0 Å². The summed E-state index contributed by atoms with van der Waals surface area (Å²) in [6.45, 7) is 0.990. The number of hydrogen-bond acceptors (Lipinski definition) is 5. The first-order chi connectivity index (χ1) is 12.0. The third-order valence-corrected chi connectivity index (χ3v) is 6.17. The van der Waals surface area contributed by atoms with Gasteiger partial charge in [0.25, 0.3) is 0 Å². The standard InChI is InChI=1S/C18H20BrNO5/c1-23-13-8-12(19)11-9-20(17(22)24-2)6-5-18-4-3-10(21)7-14(18)25-16(13)15(11)18/h3-4,8,10,14,21H,5-7,9H2,1-2H3/t10?,14-,18?/m1/s1. The Morgan fingerprint density at radius 3 is 3.00 bits per heavy atom. The maximum absolute atomic E-state index is 12.2. The normalized spacial score (nSPS) is 29.4. The molecule has 0 saturated carbocycles. The number of aliphatic hydroxyl groups is 1. The molecule has 1 spiro atoms. The van der Waals surface area contributed by atoms with Gasteiger partial charge in [-0.2, -0.15) is 0 Å². The van der Waals surface area contributed by atoms with E-state index in [1.54, 1.807) is 12.0 Å². The molecule has 0 bridgehead atoms. The van der Waals surface area contributed by atoms with E-state index in [1.165, 1.54) is 7.11 Å². The van der Waals surface area contributed by atoms with Crippen LogP contribution in [0.1, 0.15) is 24.0 Å². The Labute approximate surface area is 154 Å². The van der Waals surface area contributed by atoms with Gasteiger partial charge in [0.2, 0.25) is 0 Å². The molecule has 3 aliphatic rings. The first-order valence-electron chi connectivity index (χ1n) is 8.27. The molecule has 1 N–H and O–H groups in total. The fourth-order valence-electron chi connectivity index (χ4n) is 4.25. The summed E-state index contributed by atoms with van der Waals surface area (Å²) in [6.07, 6.45) is 4.06. The molecule has 25 heavy (non-hydrogen) atoms. The van der Waals surface area contributed by atoms with E-state index in [-0.39, 0.29) is 17.6 Å². The van der Waals surface area contributed by atoms with Crippen molar-refractivity contribution in [3.63, 3.8) is 0 Å². The van der Waals surface area contributed by atoms with Crippen molar-refractivity contribution in [1.82, 2.24) is 4.90 Å². The molecule has 2 heterocycles. The average molecular weight is 410 g/mol. The molecule has 3 atom stereocenters. The first kappa shape index (κ1) is 16.7. The van der Waals surface area contributed by atoms with E-state index in [2.05, 4.69) is 15.9 Å². The van der Waals surface area contributed by atoms with Crippen molar-refractivity contribution in [2.45, 2.75) is 37.0 Å². The second-order valence-corrected chi connectivity index (χ2v) is 7.55. The third kappa shape index (κ3) is 2.36. The summed E-state index contributed by atoms with van der Waals surface area (Å²) in [5, 5.41) is 10.1. The van der Waals surface area contributed by atoms with Gasteiger partial charge in [-0.15, -0.1) is 0 Å². The van der Waals surface area contributed by atoms with Crippen molar-refractivity contribution in [2.24, 2.45) is 0 Å². The third-order valence-electron chi connectivity index (χ3n) is 5.47. The zero-order valence-corrected chi connectivity index (χ0v) is 15.7. The van der Waals surface area contributed by atoms with E-state index >= 15 is 0 Å². The van der Waals surface area contributed by atoms with Gasteiger partial charge in [-0.25, -0.2) is 4.79 Å². The highest BCUT2D eigenvalue weighted by molar-refractivity contribution is 9.10. The molecule has 2 aliphatic heterocycles. The lowest BCUT2D eigenvalue weighted by Gasteiger charge is -2.35. The topological polar surface area (TPSA) is 68.2 Å². The number of carbonyl (C=O) groups excluding carboxylic acids is 1. The van der Waals surface area contributed by atoms with E-state index in [4.69, 9.17) is 14.2 Å². The Balaban J connectivity index is 1.93. The van der Waals surface area contributed by atoms with Crippen molar-refractivity contribution in [3.05, 3.63) is 33.8 Å². The molecule has 7 heteroatoms. The SMILES string of the molecule is COC(=O)N1CCC23C=CC(O)C[C@H]2Oc2c(OC)cc(Br)c(c23)C1. The fraction of sp³-hybridized carbons (Fsp3) is 0.500. The molecule has 6 nitrogen and oxygen atoms in total. The highest BCUT2D eigenvalue weighted by Crippen LogP contribution is 2.57. The maximum Gasteiger partial charge on any atom is 0.409 e. The Morgan fingerprint density at radius 1 is 1.48 bits per heavy atom. The zero-order chi connectivity index (χ0) is 17.8. The summed E-state index contributed by atoms with van der Waals surface area (Å²) < 4.78 is 17.6. The lowest BCUT2D eigenvalue weighted by Crippen LogP contribution is -2.43. The predicted molar refractivity (Wildman–Crippen MR) is 94.0 cm³/mol. The summed E-state index contributed by atoms with van der Waals surface area (Å²) in [5.41, 5.74) is 1.68. The highest BCUT2D eigenvalue weighted by atomic mass is 79.9. The molecule has 1 aromatic rings. The number of rotatable bonds is 1. The summed E-state index contributed by atoms with van der Waals surface area (Å²) in [4.78, 5) is 13.9. The van der Waals surface area contributed by atoms with Crippen molar-refractivity contribution in [2.75, 3.05) is 20.8 Å². The number of aliphatic hydroxyl groups excluding tert-OH is 1. The van der Waals surface area contributed by atoms with Crippen LogP contribution in [-0.4, -0.2) is 49.1 Å². The van der Waals surface area contributed by atoms with Crippen molar-refractivity contribution >= 4 is 22.0 Å². The Kier molecular flexibility index (Phi) is 3.96. The van der Waals surface area contributed by atoms with Gasteiger partial charge < -0.3 is 24.2 Å². The summed E-state index contributed by atoms with van der Waals surface area (Å²) in [6, 6.07) is 1.88. The van der Waals surface area contributed by atoms with Crippen molar-refractivity contribution in [1.29, 1.82) is 0 Å². The minimum absolute atomic E-state index is 0.179. The second-order valence-electron chi connectivity index (χ2n) is 6.69. The Hall–Kier alpha value is -1.73. The van der Waals surface area contributed by atoms with E-state index in [1.807, 2.05) is 18.2 Å².